The van der Waals surface area contributed by atoms with Gasteiger partial charge < -0.3 is 14.4 Å². The average molecular weight is 473 g/mol. The number of thioether (sulfide) groups is 1. The molecule has 7 nitrogen and oxygen atoms in total. The topological polar surface area (TPSA) is 69.5 Å². The minimum atomic E-state index is -0.364. The van der Waals surface area contributed by atoms with Crippen LogP contribution in [0, 0.1) is 0 Å². The van der Waals surface area contributed by atoms with Gasteiger partial charge in [-0.25, -0.2) is 0 Å². The molecular weight excluding hydrogens is 448 g/mol. The summed E-state index contributed by atoms with van der Waals surface area (Å²) < 4.78 is 13.0. The van der Waals surface area contributed by atoms with Gasteiger partial charge in [0.05, 0.1) is 5.25 Å². The minimum absolute atomic E-state index is 0.0194. The molecule has 0 aliphatic carbocycles. The van der Waals surface area contributed by atoms with Crippen LogP contribution in [0.15, 0.2) is 84.0 Å². The van der Waals surface area contributed by atoms with Crippen molar-refractivity contribution < 1.29 is 14.3 Å². The summed E-state index contributed by atoms with van der Waals surface area (Å²) in [4.78, 5) is 15.1. The molecule has 0 radical (unpaired) electrons. The van der Waals surface area contributed by atoms with Crippen molar-refractivity contribution in [1.29, 1.82) is 0 Å². The van der Waals surface area contributed by atoms with Crippen molar-refractivity contribution in [3.8, 4) is 28.6 Å². The lowest BCUT2D eigenvalue weighted by molar-refractivity contribution is -0.117. The monoisotopic (exact) mass is 472 g/mol. The molecule has 1 aliphatic rings. The molecule has 1 amide bonds. The Bertz CT molecular complexity index is 1290. The van der Waals surface area contributed by atoms with E-state index < -0.39 is 0 Å². The summed E-state index contributed by atoms with van der Waals surface area (Å²) in [6, 6.07) is 25.3. The van der Waals surface area contributed by atoms with Gasteiger partial charge in [0.25, 0.3) is 0 Å². The summed E-state index contributed by atoms with van der Waals surface area (Å²) >= 11 is 1.39. The minimum Gasteiger partial charge on any atom is -0.454 e. The van der Waals surface area contributed by atoms with Crippen molar-refractivity contribution >= 4 is 23.4 Å². The smallest absolute Gasteiger partial charge is 0.240 e. The second-order valence-electron chi connectivity index (χ2n) is 7.72. The number of anilines is 1. The fourth-order valence-corrected chi connectivity index (χ4v) is 4.81. The molecule has 0 saturated carbocycles. The highest BCUT2D eigenvalue weighted by Crippen LogP contribution is 2.37. The SMILES string of the molecule is CCN(C(=O)[C@H](C)Sc1nnc(-c2ccc3c(c2)OCO3)n1-c1ccccc1)c1ccccc1. The van der Waals surface area contributed by atoms with Crippen molar-refractivity contribution in [3.63, 3.8) is 0 Å². The van der Waals surface area contributed by atoms with E-state index in [9.17, 15) is 4.79 Å². The molecule has 172 valence electrons. The molecule has 5 rings (SSSR count). The van der Waals surface area contributed by atoms with Crippen LogP contribution in [0.5, 0.6) is 11.5 Å². The molecule has 0 fully saturated rings. The Labute approximate surface area is 202 Å². The average Bonchev–Trinajstić information content (AvgIpc) is 3.52. The van der Waals surface area contributed by atoms with Crippen LogP contribution in [0.25, 0.3) is 17.1 Å². The highest BCUT2D eigenvalue weighted by Gasteiger charge is 2.26. The summed E-state index contributed by atoms with van der Waals surface area (Å²) in [5.74, 6) is 2.08. The van der Waals surface area contributed by atoms with Crippen molar-refractivity contribution in [3.05, 3.63) is 78.9 Å². The van der Waals surface area contributed by atoms with Gasteiger partial charge in [-0.2, -0.15) is 0 Å². The van der Waals surface area contributed by atoms with Crippen LogP contribution in [-0.4, -0.2) is 39.3 Å². The zero-order valence-electron chi connectivity index (χ0n) is 18.9. The Kier molecular flexibility index (Phi) is 6.22. The normalized spacial score (nSPS) is 13.0. The molecule has 4 aromatic rings. The standard InChI is InChI=1S/C26H24N4O3S/c1-3-29(20-10-6-4-7-11-20)25(31)18(2)34-26-28-27-24(30(26)21-12-8-5-9-13-21)19-14-15-22-23(16-19)33-17-32-22/h4-16,18H,3,17H2,1-2H3/t18-/m0/s1. The lowest BCUT2D eigenvalue weighted by Gasteiger charge is -2.24. The second kappa shape index (κ2) is 9.61. The number of rotatable bonds is 7. The second-order valence-corrected chi connectivity index (χ2v) is 9.03. The number of carbonyl (C=O) groups is 1. The first kappa shape index (κ1) is 22.0. The van der Waals surface area contributed by atoms with Crippen LogP contribution >= 0.6 is 11.8 Å². The predicted molar refractivity (Wildman–Crippen MR) is 133 cm³/mol. The molecule has 0 saturated heterocycles. The Balaban J connectivity index is 1.49. The zero-order chi connectivity index (χ0) is 23.5. The number of hydrogen-bond donors (Lipinski definition) is 0. The van der Waals surface area contributed by atoms with Gasteiger partial charge in [-0.15, -0.1) is 10.2 Å². The maximum absolute atomic E-state index is 13.3. The number of hydrogen-bond acceptors (Lipinski definition) is 6. The first-order valence-electron chi connectivity index (χ1n) is 11.1. The summed E-state index contributed by atoms with van der Waals surface area (Å²) in [6.07, 6.45) is 0. The number of fused-ring (bicyclic) bond motifs is 1. The number of benzene rings is 3. The fourth-order valence-electron chi connectivity index (χ4n) is 3.88. The largest absolute Gasteiger partial charge is 0.454 e. The number of nitrogens with zero attached hydrogens (tertiary/aromatic N) is 4. The molecule has 0 bridgehead atoms. The zero-order valence-corrected chi connectivity index (χ0v) is 19.7. The third-order valence-corrected chi connectivity index (χ3v) is 6.59. The van der Waals surface area contributed by atoms with E-state index in [-0.39, 0.29) is 18.0 Å². The number of carbonyl (C=O) groups excluding carboxylic acids is 1. The third-order valence-electron chi connectivity index (χ3n) is 5.56. The van der Waals surface area contributed by atoms with E-state index in [0.29, 0.717) is 29.0 Å². The number of ether oxygens (including phenoxy) is 2. The molecule has 1 aromatic heterocycles. The summed E-state index contributed by atoms with van der Waals surface area (Å²) in [5.41, 5.74) is 2.65. The van der Waals surface area contributed by atoms with Crippen molar-refractivity contribution in [2.45, 2.75) is 24.3 Å². The highest BCUT2D eigenvalue weighted by molar-refractivity contribution is 8.00. The Morgan fingerprint density at radius 1 is 1.00 bits per heavy atom. The Hall–Kier alpha value is -3.78. The van der Waals surface area contributed by atoms with Gasteiger partial charge in [0.2, 0.25) is 12.7 Å². The van der Waals surface area contributed by atoms with E-state index in [4.69, 9.17) is 9.47 Å². The van der Waals surface area contributed by atoms with Crippen molar-refractivity contribution in [1.82, 2.24) is 14.8 Å². The van der Waals surface area contributed by atoms with Crippen LogP contribution in [0.4, 0.5) is 5.69 Å². The van der Waals surface area contributed by atoms with E-state index in [2.05, 4.69) is 10.2 Å². The van der Waals surface area contributed by atoms with Gasteiger partial charge in [-0.1, -0.05) is 48.2 Å². The highest BCUT2D eigenvalue weighted by atomic mass is 32.2. The van der Waals surface area contributed by atoms with Crippen LogP contribution in [0.1, 0.15) is 13.8 Å². The summed E-state index contributed by atoms with van der Waals surface area (Å²) in [6.45, 7) is 4.68. The van der Waals surface area contributed by atoms with Gasteiger partial charge >= 0.3 is 0 Å². The molecule has 1 atom stereocenters. The molecule has 0 N–H and O–H groups in total. The Morgan fingerprint density at radius 3 is 2.44 bits per heavy atom. The van der Waals surface area contributed by atoms with E-state index in [1.54, 1.807) is 4.90 Å². The van der Waals surface area contributed by atoms with Crippen molar-refractivity contribution in [2.24, 2.45) is 0 Å². The molecule has 1 aliphatic heterocycles. The van der Waals surface area contributed by atoms with Gasteiger partial charge in [-0.05, 0) is 56.3 Å². The maximum atomic E-state index is 13.3. The molecule has 0 spiro atoms. The Morgan fingerprint density at radius 2 is 1.71 bits per heavy atom. The van der Waals surface area contributed by atoms with E-state index in [1.165, 1.54) is 11.8 Å². The summed E-state index contributed by atoms with van der Waals surface area (Å²) in [5, 5.41) is 9.25. The maximum Gasteiger partial charge on any atom is 0.240 e. The quantitative estimate of drug-likeness (QED) is 0.345. The third kappa shape index (κ3) is 4.24. The van der Waals surface area contributed by atoms with Crippen LogP contribution in [-0.2, 0) is 4.79 Å². The van der Waals surface area contributed by atoms with Gasteiger partial charge in [0.15, 0.2) is 22.5 Å². The number of amides is 1. The molecule has 34 heavy (non-hydrogen) atoms. The molecular formula is C26H24N4O3S. The van der Waals surface area contributed by atoms with Gasteiger partial charge in [0.1, 0.15) is 0 Å². The molecule has 3 aromatic carbocycles. The molecule has 2 heterocycles. The van der Waals surface area contributed by atoms with E-state index in [0.717, 1.165) is 16.9 Å². The molecule has 8 heteroatoms. The van der Waals surface area contributed by atoms with Gasteiger partial charge in [-0.3, -0.25) is 9.36 Å². The first-order chi connectivity index (χ1) is 16.7. The van der Waals surface area contributed by atoms with E-state index >= 15 is 0 Å². The molecule has 0 unspecified atom stereocenters. The van der Waals surface area contributed by atoms with Crippen LogP contribution in [0.3, 0.4) is 0 Å². The predicted octanol–water partition coefficient (Wildman–Crippen LogP) is 5.20. The van der Waals surface area contributed by atoms with E-state index in [1.807, 2.05) is 97.3 Å². The first-order valence-corrected chi connectivity index (χ1v) is 12.0. The van der Waals surface area contributed by atoms with Crippen LogP contribution < -0.4 is 14.4 Å². The fraction of sp³-hybridized carbons (Fsp3) is 0.192. The number of aromatic nitrogens is 3. The van der Waals surface area contributed by atoms with Crippen molar-refractivity contribution in [2.75, 3.05) is 18.2 Å². The van der Waals surface area contributed by atoms with Gasteiger partial charge in [0, 0.05) is 23.5 Å². The number of para-hydroxylation sites is 2. The lowest BCUT2D eigenvalue weighted by atomic mass is 10.2. The van der Waals surface area contributed by atoms with Crippen LogP contribution in [0.2, 0.25) is 0 Å². The lowest BCUT2D eigenvalue weighted by Crippen LogP contribution is -2.36. The summed E-state index contributed by atoms with van der Waals surface area (Å²) in [7, 11) is 0.